The summed E-state index contributed by atoms with van der Waals surface area (Å²) in [6, 6.07) is 2.71. The summed E-state index contributed by atoms with van der Waals surface area (Å²) in [6.07, 6.45) is 3.61. The van der Waals surface area contributed by atoms with Gasteiger partial charge in [0.1, 0.15) is 5.82 Å². The molecule has 0 aromatic heterocycles. The molecule has 0 spiro atoms. The predicted molar refractivity (Wildman–Crippen MR) is 76.4 cm³/mol. The number of ether oxygens (including phenoxy) is 1. The average molecular weight is 306 g/mol. The van der Waals surface area contributed by atoms with E-state index in [2.05, 4.69) is 5.32 Å². The standard InChI is InChI=1S/C14H18Cl2FNO/c1-9(18-8-10-4-2-3-7-19-10)13-11(15)5-6-12(17)14(13)16/h5-6,9-10,18H,2-4,7-8H2,1H3. The number of benzene rings is 1. The van der Waals surface area contributed by atoms with Crippen LogP contribution in [0.1, 0.15) is 37.8 Å². The first-order valence-corrected chi connectivity index (χ1v) is 7.33. The molecule has 0 aliphatic carbocycles. The van der Waals surface area contributed by atoms with Crippen molar-refractivity contribution in [2.75, 3.05) is 13.2 Å². The number of halogens is 3. The SMILES string of the molecule is CC(NCC1CCCCO1)c1c(Cl)ccc(F)c1Cl. The van der Waals surface area contributed by atoms with Gasteiger partial charge >= 0.3 is 0 Å². The normalized spacial score (nSPS) is 21.4. The van der Waals surface area contributed by atoms with Crippen LogP contribution in [0.2, 0.25) is 10.0 Å². The maximum atomic E-state index is 13.5. The molecule has 0 saturated carbocycles. The highest BCUT2D eigenvalue weighted by atomic mass is 35.5. The van der Waals surface area contributed by atoms with Crippen molar-refractivity contribution in [1.29, 1.82) is 0 Å². The number of hydrogen-bond acceptors (Lipinski definition) is 2. The molecule has 2 rings (SSSR count). The lowest BCUT2D eigenvalue weighted by Gasteiger charge is -2.25. The zero-order chi connectivity index (χ0) is 13.8. The Kier molecular flexibility index (Phi) is 5.46. The molecular formula is C14H18Cl2FNO. The maximum Gasteiger partial charge on any atom is 0.142 e. The second-order valence-electron chi connectivity index (χ2n) is 4.88. The van der Waals surface area contributed by atoms with Gasteiger partial charge in [0, 0.05) is 29.8 Å². The van der Waals surface area contributed by atoms with Gasteiger partial charge < -0.3 is 10.1 Å². The van der Waals surface area contributed by atoms with E-state index in [4.69, 9.17) is 27.9 Å². The van der Waals surface area contributed by atoms with Crippen molar-refractivity contribution < 1.29 is 9.13 Å². The van der Waals surface area contributed by atoms with Gasteiger partial charge in [-0.05, 0) is 38.3 Å². The molecule has 106 valence electrons. The largest absolute Gasteiger partial charge is 0.377 e. The van der Waals surface area contributed by atoms with E-state index in [1.165, 1.54) is 18.6 Å². The Morgan fingerprint density at radius 1 is 1.42 bits per heavy atom. The molecule has 0 amide bonds. The van der Waals surface area contributed by atoms with Gasteiger partial charge in [0.2, 0.25) is 0 Å². The summed E-state index contributed by atoms with van der Waals surface area (Å²) in [7, 11) is 0. The number of rotatable bonds is 4. The quantitative estimate of drug-likeness (QED) is 0.835. The van der Waals surface area contributed by atoms with Gasteiger partial charge in [-0.15, -0.1) is 0 Å². The van der Waals surface area contributed by atoms with E-state index < -0.39 is 5.82 Å². The minimum absolute atomic E-state index is 0.0945. The Balaban J connectivity index is 1.99. The van der Waals surface area contributed by atoms with Crippen LogP contribution in [0.5, 0.6) is 0 Å². The van der Waals surface area contributed by atoms with Crippen molar-refractivity contribution in [3.63, 3.8) is 0 Å². The van der Waals surface area contributed by atoms with E-state index >= 15 is 0 Å². The lowest BCUT2D eigenvalue weighted by molar-refractivity contribution is 0.0156. The summed E-state index contributed by atoms with van der Waals surface area (Å²) < 4.78 is 19.1. The van der Waals surface area contributed by atoms with E-state index in [-0.39, 0.29) is 17.2 Å². The van der Waals surface area contributed by atoms with Gasteiger partial charge in [0.15, 0.2) is 0 Å². The summed E-state index contributed by atoms with van der Waals surface area (Å²) in [5.41, 5.74) is 0.610. The molecule has 2 nitrogen and oxygen atoms in total. The molecule has 1 aliphatic heterocycles. The first-order chi connectivity index (χ1) is 9.09. The summed E-state index contributed by atoms with van der Waals surface area (Å²) in [5.74, 6) is -0.441. The third-order valence-corrected chi connectivity index (χ3v) is 4.15. The van der Waals surface area contributed by atoms with Crippen molar-refractivity contribution in [3.8, 4) is 0 Å². The molecule has 1 N–H and O–H groups in total. The van der Waals surface area contributed by atoms with Crippen LogP contribution in [0, 0.1) is 5.82 Å². The zero-order valence-electron chi connectivity index (χ0n) is 10.9. The van der Waals surface area contributed by atoms with Crippen LogP contribution >= 0.6 is 23.2 Å². The van der Waals surface area contributed by atoms with Crippen LogP contribution in [0.25, 0.3) is 0 Å². The second-order valence-corrected chi connectivity index (χ2v) is 5.66. The highest BCUT2D eigenvalue weighted by Gasteiger charge is 2.19. The molecule has 1 aromatic rings. The van der Waals surface area contributed by atoms with Crippen LogP contribution < -0.4 is 5.32 Å². The fraction of sp³-hybridized carbons (Fsp3) is 0.571. The fourth-order valence-corrected chi connectivity index (χ4v) is 3.02. The highest BCUT2D eigenvalue weighted by Crippen LogP contribution is 2.32. The first kappa shape index (κ1) is 15.0. The minimum Gasteiger partial charge on any atom is -0.377 e. The van der Waals surface area contributed by atoms with Gasteiger partial charge in [0.05, 0.1) is 11.1 Å². The van der Waals surface area contributed by atoms with E-state index in [1.54, 1.807) is 0 Å². The molecule has 1 saturated heterocycles. The van der Waals surface area contributed by atoms with Crippen molar-refractivity contribution in [2.45, 2.75) is 38.3 Å². The molecule has 1 aliphatic rings. The third-order valence-electron chi connectivity index (χ3n) is 3.44. The summed E-state index contributed by atoms with van der Waals surface area (Å²) >= 11 is 12.1. The smallest absolute Gasteiger partial charge is 0.142 e. The van der Waals surface area contributed by atoms with Crippen LogP contribution in [0.3, 0.4) is 0 Å². The average Bonchev–Trinajstić information content (AvgIpc) is 2.42. The van der Waals surface area contributed by atoms with Gasteiger partial charge in [-0.2, -0.15) is 0 Å². The third kappa shape index (κ3) is 3.82. The van der Waals surface area contributed by atoms with Gasteiger partial charge in [0.25, 0.3) is 0 Å². The topological polar surface area (TPSA) is 21.3 Å². The molecule has 2 atom stereocenters. The summed E-state index contributed by atoms with van der Waals surface area (Å²) in [5, 5.41) is 3.89. The van der Waals surface area contributed by atoms with Crippen LogP contribution in [0.4, 0.5) is 4.39 Å². The molecule has 1 heterocycles. The van der Waals surface area contributed by atoms with E-state index in [0.717, 1.165) is 26.0 Å². The van der Waals surface area contributed by atoms with E-state index in [9.17, 15) is 4.39 Å². The van der Waals surface area contributed by atoms with Gasteiger partial charge in [-0.1, -0.05) is 23.2 Å². The fourth-order valence-electron chi connectivity index (χ4n) is 2.32. The number of nitrogens with one attached hydrogen (secondary N) is 1. The van der Waals surface area contributed by atoms with E-state index in [1.807, 2.05) is 6.92 Å². The zero-order valence-corrected chi connectivity index (χ0v) is 12.4. The van der Waals surface area contributed by atoms with E-state index in [0.29, 0.717) is 10.6 Å². The van der Waals surface area contributed by atoms with Crippen molar-refractivity contribution >= 4 is 23.2 Å². The molecule has 5 heteroatoms. The predicted octanol–water partition coefficient (Wildman–Crippen LogP) is 4.35. The Bertz CT molecular complexity index is 436. The molecule has 0 radical (unpaired) electrons. The summed E-state index contributed by atoms with van der Waals surface area (Å²) in [4.78, 5) is 0. The Hall–Kier alpha value is -0.350. The minimum atomic E-state index is -0.441. The molecular weight excluding hydrogens is 288 g/mol. The Morgan fingerprint density at radius 3 is 2.89 bits per heavy atom. The molecule has 1 aromatic carbocycles. The Morgan fingerprint density at radius 2 is 2.21 bits per heavy atom. The lowest BCUT2D eigenvalue weighted by atomic mass is 10.1. The first-order valence-electron chi connectivity index (χ1n) is 6.58. The number of hydrogen-bond donors (Lipinski definition) is 1. The molecule has 19 heavy (non-hydrogen) atoms. The van der Waals surface area contributed by atoms with Gasteiger partial charge in [-0.3, -0.25) is 0 Å². The van der Waals surface area contributed by atoms with Crippen molar-refractivity contribution in [1.82, 2.24) is 5.32 Å². The molecule has 0 bridgehead atoms. The van der Waals surface area contributed by atoms with Crippen molar-refractivity contribution in [2.24, 2.45) is 0 Å². The molecule has 2 unspecified atom stereocenters. The second kappa shape index (κ2) is 6.89. The Labute approximate surface area is 123 Å². The van der Waals surface area contributed by atoms with Crippen LogP contribution in [-0.2, 0) is 4.74 Å². The van der Waals surface area contributed by atoms with Gasteiger partial charge in [-0.25, -0.2) is 4.39 Å². The summed E-state index contributed by atoms with van der Waals surface area (Å²) in [6.45, 7) is 3.47. The maximum absolute atomic E-state index is 13.5. The lowest BCUT2D eigenvalue weighted by Crippen LogP contribution is -2.33. The monoisotopic (exact) mass is 305 g/mol. The van der Waals surface area contributed by atoms with Crippen LogP contribution in [0.15, 0.2) is 12.1 Å². The van der Waals surface area contributed by atoms with Crippen LogP contribution in [-0.4, -0.2) is 19.3 Å². The highest BCUT2D eigenvalue weighted by molar-refractivity contribution is 6.36. The van der Waals surface area contributed by atoms with Crippen molar-refractivity contribution in [3.05, 3.63) is 33.6 Å². The molecule has 1 fully saturated rings.